The van der Waals surface area contributed by atoms with Crippen LogP contribution in [-0.4, -0.2) is 23.1 Å². The van der Waals surface area contributed by atoms with Gasteiger partial charge in [-0.05, 0) is 0 Å². The number of nitrogens with one attached hydrogen (secondary N) is 2. The highest BCUT2D eigenvalue weighted by Gasteiger charge is 2.19. The second-order valence-electron chi connectivity index (χ2n) is 2.09. The lowest BCUT2D eigenvalue weighted by atomic mass is 10.3. The number of aromatic nitrogens is 2. The maximum Gasteiger partial charge on any atom is 0.347 e. The van der Waals surface area contributed by atoms with E-state index < -0.39 is 5.97 Å². The topological polar surface area (TPSA) is 102 Å². The molecule has 6 nitrogen and oxygen atoms in total. The molecule has 0 aliphatic rings. The third-order valence-corrected chi connectivity index (χ3v) is 1.38. The van der Waals surface area contributed by atoms with Crippen LogP contribution in [0.4, 0.5) is 11.6 Å². The van der Waals surface area contributed by atoms with Gasteiger partial charge in [0, 0.05) is 7.05 Å². The van der Waals surface area contributed by atoms with Gasteiger partial charge in [0.2, 0.25) is 18.0 Å². The van der Waals surface area contributed by atoms with Crippen molar-refractivity contribution in [3.63, 3.8) is 0 Å². The summed E-state index contributed by atoms with van der Waals surface area (Å²) in [5.41, 5.74) is 5.30. The number of H-pyrrole nitrogens is 1. The molecule has 0 fully saturated rings. The Morgan fingerprint density at radius 1 is 1.83 bits per heavy atom. The van der Waals surface area contributed by atoms with E-state index in [-0.39, 0.29) is 11.4 Å². The largest absolute Gasteiger partial charge is 0.477 e. The Bertz CT molecular complexity index is 312. The molecule has 0 saturated carbocycles. The lowest BCUT2D eigenvalue weighted by Crippen LogP contribution is -2.19. The van der Waals surface area contributed by atoms with E-state index in [0.717, 1.165) is 0 Å². The zero-order chi connectivity index (χ0) is 9.14. The van der Waals surface area contributed by atoms with Crippen LogP contribution in [0.2, 0.25) is 0 Å². The van der Waals surface area contributed by atoms with Gasteiger partial charge in [0.15, 0.2) is 5.56 Å². The maximum atomic E-state index is 10.6. The summed E-state index contributed by atoms with van der Waals surface area (Å²) in [6, 6.07) is 0. The molecule has 0 bridgehead atoms. The van der Waals surface area contributed by atoms with E-state index in [1.807, 2.05) is 0 Å². The molecule has 12 heavy (non-hydrogen) atoms. The van der Waals surface area contributed by atoms with Crippen molar-refractivity contribution in [2.24, 2.45) is 0 Å². The SMILES string of the molecule is CNc1[nH+]cnc(N)c1C(=O)O. The smallest absolute Gasteiger partial charge is 0.347 e. The standard InChI is InChI=1S/C6H8N4O2/c1-8-5-3(6(11)12)4(7)9-2-10-5/h2H,1H3,(H,11,12)(H3,7,8,9,10)/p+1. The van der Waals surface area contributed by atoms with Gasteiger partial charge in [-0.3, -0.25) is 0 Å². The second-order valence-corrected chi connectivity index (χ2v) is 2.09. The average molecular weight is 169 g/mol. The van der Waals surface area contributed by atoms with Crippen molar-refractivity contribution in [2.75, 3.05) is 18.1 Å². The molecule has 0 aromatic carbocycles. The molecule has 1 heterocycles. The fourth-order valence-electron chi connectivity index (χ4n) is 0.845. The molecule has 0 atom stereocenters. The van der Waals surface area contributed by atoms with Crippen molar-refractivity contribution >= 4 is 17.6 Å². The van der Waals surface area contributed by atoms with Crippen molar-refractivity contribution in [2.45, 2.75) is 0 Å². The first kappa shape index (κ1) is 8.25. The molecular formula is C6H9N4O2+. The summed E-state index contributed by atoms with van der Waals surface area (Å²) < 4.78 is 0. The maximum absolute atomic E-state index is 10.6. The minimum atomic E-state index is -1.11. The molecule has 64 valence electrons. The van der Waals surface area contributed by atoms with Crippen LogP contribution in [0, 0.1) is 0 Å². The van der Waals surface area contributed by atoms with E-state index in [2.05, 4.69) is 15.3 Å². The van der Waals surface area contributed by atoms with E-state index in [1.165, 1.54) is 6.33 Å². The number of nitrogens with two attached hydrogens (primary N) is 1. The van der Waals surface area contributed by atoms with Crippen molar-refractivity contribution in [1.29, 1.82) is 0 Å². The number of nitrogen functional groups attached to an aromatic ring is 1. The molecule has 0 radical (unpaired) electrons. The lowest BCUT2D eigenvalue weighted by molar-refractivity contribution is -0.365. The first-order valence-corrected chi connectivity index (χ1v) is 3.24. The molecule has 0 unspecified atom stereocenters. The molecule has 1 aromatic heterocycles. The number of rotatable bonds is 2. The van der Waals surface area contributed by atoms with Gasteiger partial charge in [-0.25, -0.2) is 9.78 Å². The Balaban J connectivity index is 3.29. The number of carbonyl (C=O) groups is 1. The molecule has 1 rings (SSSR count). The highest BCUT2D eigenvalue weighted by Crippen LogP contribution is 2.12. The molecular weight excluding hydrogens is 160 g/mol. The number of hydrogen-bond acceptors (Lipinski definition) is 4. The van der Waals surface area contributed by atoms with Crippen LogP contribution in [0.1, 0.15) is 10.4 Å². The molecule has 5 N–H and O–H groups in total. The number of hydrogen-bond donors (Lipinski definition) is 3. The van der Waals surface area contributed by atoms with Crippen molar-refractivity contribution in [1.82, 2.24) is 4.98 Å². The molecule has 6 heteroatoms. The predicted molar refractivity (Wildman–Crippen MR) is 41.7 cm³/mol. The normalized spacial score (nSPS) is 9.42. The summed E-state index contributed by atoms with van der Waals surface area (Å²) in [7, 11) is 1.59. The van der Waals surface area contributed by atoms with Crippen LogP contribution in [0.3, 0.4) is 0 Å². The third-order valence-electron chi connectivity index (χ3n) is 1.38. The average Bonchev–Trinajstić information content (AvgIpc) is 2.03. The Hall–Kier alpha value is -1.85. The highest BCUT2D eigenvalue weighted by atomic mass is 16.4. The van der Waals surface area contributed by atoms with Gasteiger partial charge < -0.3 is 16.2 Å². The number of carboxylic acid groups (broad SMARTS) is 1. The lowest BCUT2D eigenvalue weighted by Gasteiger charge is -1.98. The summed E-state index contributed by atoms with van der Waals surface area (Å²) in [4.78, 5) is 16.9. The minimum Gasteiger partial charge on any atom is -0.477 e. The quantitative estimate of drug-likeness (QED) is 0.538. The zero-order valence-corrected chi connectivity index (χ0v) is 6.46. The number of aromatic amines is 1. The van der Waals surface area contributed by atoms with Crippen LogP contribution in [0.25, 0.3) is 0 Å². The summed E-state index contributed by atoms with van der Waals surface area (Å²) in [6.45, 7) is 0. The fourth-order valence-corrected chi connectivity index (χ4v) is 0.845. The second kappa shape index (κ2) is 3.04. The number of aromatic carboxylic acids is 1. The number of nitrogens with zero attached hydrogens (tertiary/aromatic N) is 1. The van der Waals surface area contributed by atoms with Crippen LogP contribution < -0.4 is 16.0 Å². The Morgan fingerprint density at radius 2 is 2.50 bits per heavy atom. The number of anilines is 2. The molecule has 0 amide bonds. The van der Waals surface area contributed by atoms with Gasteiger partial charge in [0.25, 0.3) is 0 Å². The molecule has 0 aliphatic heterocycles. The van der Waals surface area contributed by atoms with E-state index in [0.29, 0.717) is 5.82 Å². The van der Waals surface area contributed by atoms with Gasteiger partial charge in [0.1, 0.15) is 0 Å². The highest BCUT2D eigenvalue weighted by molar-refractivity contribution is 5.96. The first-order valence-electron chi connectivity index (χ1n) is 3.24. The molecule has 0 spiro atoms. The van der Waals surface area contributed by atoms with Crippen LogP contribution >= 0.6 is 0 Å². The van der Waals surface area contributed by atoms with E-state index >= 15 is 0 Å². The summed E-state index contributed by atoms with van der Waals surface area (Å²) >= 11 is 0. The van der Waals surface area contributed by atoms with E-state index in [1.54, 1.807) is 7.05 Å². The van der Waals surface area contributed by atoms with Gasteiger partial charge in [-0.1, -0.05) is 4.98 Å². The fraction of sp³-hybridized carbons (Fsp3) is 0.167. The molecule has 0 aliphatic carbocycles. The third kappa shape index (κ3) is 1.26. The van der Waals surface area contributed by atoms with Gasteiger partial charge in [0.05, 0.1) is 0 Å². The van der Waals surface area contributed by atoms with Crippen LogP contribution in [0.15, 0.2) is 6.33 Å². The summed E-state index contributed by atoms with van der Waals surface area (Å²) in [5.74, 6) is -0.776. The minimum absolute atomic E-state index is 0.00870. The van der Waals surface area contributed by atoms with Gasteiger partial charge in [-0.2, -0.15) is 0 Å². The van der Waals surface area contributed by atoms with E-state index in [9.17, 15) is 4.79 Å². The Labute approximate surface area is 68.4 Å². The zero-order valence-electron chi connectivity index (χ0n) is 6.46. The van der Waals surface area contributed by atoms with Gasteiger partial charge in [-0.15, -0.1) is 0 Å². The summed E-state index contributed by atoms with van der Waals surface area (Å²) in [5, 5.41) is 11.4. The predicted octanol–water partition coefficient (Wildman–Crippen LogP) is -0.782. The Morgan fingerprint density at radius 3 is 2.92 bits per heavy atom. The van der Waals surface area contributed by atoms with Crippen LogP contribution in [0.5, 0.6) is 0 Å². The van der Waals surface area contributed by atoms with Crippen molar-refractivity contribution in [3.8, 4) is 0 Å². The van der Waals surface area contributed by atoms with Crippen molar-refractivity contribution in [3.05, 3.63) is 11.9 Å². The Kier molecular flexibility index (Phi) is 2.09. The van der Waals surface area contributed by atoms with Gasteiger partial charge >= 0.3 is 5.97 Å². The molecule has 0 saturated heterocycles. The van der Waals surface area contributed by atoms with Crippen LogP contribution in [-0.2, 0) is 0 Å². The van der Waals surface area contributed by atoms with E-state index in [4.69, 9.17) is 10.8 Å². The number of carboxylic acids is 1. The first-order chi connectivity index (χ1) is 5.66. The van der Waals surface area contributed by atoms with Crippen molar-refractivity contribution < 1.29 is 14.9 Å². The monoisotopic (exact) mass is 169 g/mol. The summed E-state index contributed by atoms with van der Waals surface area (Å²) in [6.07, 6.45) is 1.33. The molecule has 1 aromatic rings.